The molecule has 2 aromatic rings. The fourth-order valence-corrected chi connectivity index (χ4v) is 3.17. The molecular formula is C19H20F2N2O2. The van der Waals surface area contributed by atoms with Gasteiger partial charge in [-0.1, -0.05) is 12.1 Å². The zero-order chi connectivity index (χ0) is 17.8. The van der Waals surface area contributed by atoms with Crippen LogP contribution in [0.1, 0.15) is 41.1 Å². The molecule has 0 spiro atoms. The van der Waals surface area contributed by atoms with Gasteiger partial charge in [0, 0.05) is 12.1 Å². The number of hydrogen-bond acceptors (Lipinski definition) is 2. The summed E-state index contributed by atoms with van der Waals surface area (Å²) in [5.74, 6) is -0.785. The summed E-state index contributed by atoms with van der Waals surface area (Å²) in [6.45, 7) is -0.182. The second kappa shape index (κ2) is 7.61. The molecule has 3 N–H and O–H groups in total. The van der Waals surface area contributed by atoms with Crippen LogP contribution >= 0.6 is 0 Å². The van der Waals surface area contributed by atoms with Crippen molar-refractivity contribution in [2.75, 3.05) is 0 Å². The van der Waals surface area contributed by atoms with E-state index in [1.165, 1.54) is 24.3 Å². The van der Waals surface area contributed by atoms with Crippen LogP contribution in [-0.4, -0.2) is 11.1 Å². The van der Waals surface area contributed by atoms with Crippen LogP contribution in [-0.2, 0) is 19.6 Å². The van der Waals surface area contributed by atoms with Gasteiger partial charge in [-0.15, -0.1) is 0 Å². The topological polar surface area (TPSA) is 61.4 Å². The Morgan fingerprint density at radius 3 is 2.84 bits per heavy atom. The van der Waals surface area contributed by atoms with Crippen molar-refractivity contribution in [2.24, 2.45) is 0 Å². The molecule has 0 bridgehead atoms. The van der Waals surface area contributed by atoms with Crippen molar-refractivity contribution in [3.05, 3.63) is 70.3 Å². The minimum atomic E-state index is -0.475. The van der Waals surface area contributed by atoms with E-state index in [1.807, 2.05) is 0 Å². The summed E-state index contributed by atoms with van der Waals surface area (Å²) in [4.78, 5) is 12.2. The molecule has 6 heteroatoms. The molecule has 2 amide bonds. The van der Waals surface area contributed by atoms with Crippen LogP contribution in [0.5, 0.6) is 0 Å². The first-order valence-corrected chi connectivity index (χ1v) is 8.27. The van der Waals surface area contributed by atoms with Crippen LogP contribution in [0.2, 0.25) is 0 Å². The third kappa shape index (κ3) is 4.14. The summed E-state index contributed by atoms with van der Waals surface area (Å²) >= 11 is 0. The minimum absolute atomic E-state index is 0.191. The Morgan fingerprint density at radius 2 is 2.04 bits per heavy atom. The van der Waals surface area contributed by atoms with Crippen molar-refractivity contribution in [1.29, 1.82) is 0 Å². The molecule has 0 fully saturated rings. The van der Waals surface area contributed by atoms with E-state index in [4.69, 9.17) is 5.11 Å². The number of carbonyl (C=O) groups excluding carboxylic acids is 1. The predicted molar refractivity (Wildman–Crippen MR) is 89.8 cm³/mol. The van der Waals surface area contributed by atoms with E-state index in [2.05, 4.69) is 10.6 Å². The molecule has 0 saturated carbocycles. The lowest BCUT2D eigenvalue weighted by molar-refractivity contribution is 0.235. The lowest BCUT2D eigenvalue weighted by atomic mass is 9.87. The van der Waals surface area contributed by atoms with Crippen molar-refractivity contribution in [3.8, 4) is 0 Å². The molecule has 1 aliphatic rings. The normalized spacial score (nSPS) is 16.2. The Hall–Kier alpha value is -2.47. The maximum Gasteiger partial charge on any atom is 0.315 e. The minimum Gasteiger partial charge on any atom is -0.392 e. The first-order valence-electron chi connectivity index (χ1n) is 8.27. The number of nitrogens with one attached hydrogen (secondary N) is 2. The van der Waals surface area contributed by atoms with Crippen molar-refractivity contribution in [1.82, 2.24) is 10.6 Å². The molecule has 2 aromatic carbocycles. The van der Waals surface area contributed by atoms with Gasteiger partial charge in [-0.05, 0) is 60.2 Å². The van der Waals surface area contributed by atoms with E-state index in [-0.39, 0.29) is 30.0 Å². The van der Waals surface area contributed by atoms with E-state index < -0.39 is 12.4 Å². The number of halogens is 2. The predicted octanol–water partition coefficient (Wildman–Crippen LogP) is 3.33. The zero-order valence-corrected chi connectivity index (χ0v) is 13.7. The molecule has 0 aliphatic heterocycles. The zero-order valence-electron chi connectivity index (χ0n) is 13.7. The van der Waals surface area contributed by atoms with Crippen LogP contribution in [0.25, 0.3) is 0 Å². The second-order valence-corrected chi connectivity index (χ2v) is 6.20. The van der Waals surface area contributed by atoms with Gasteiger partial charge < -0.3 is 15.7 Å². The molecule has 1 aliphatic carbocycles. The maximum atomic E-state index is 13.5. The first-order chi connectivity index (χ1) is 12.1. The lowest BCUT2D eigenvalue weighted by Crippen LogP contribution is -2.38. The Kier molecular flexibility index (Phi) is 5.28. The standard InChI is InChI=1S/C19H20F2N2O2/c20-15-6-5-13-2-1-3-18(16(13)9-15)23-19(25)22-10-12-4-7-17(21)14(8-12)11-24/h4-9,18,24H,1-3,10-11H2,(H2,22,23,25). The fraction of sp³-hybridized carbons (Fsp3) is 0.316. The number of amides is 2. The number of benzene rings is 2. The number of aliphatic hydroxyl groups excluding tert-OH is 1. The molecule has 132 valence electrons. The highest BCUT2D eigenvalue weighted by molar-refractivity contribution is 5.74. The quantitative estimate of drug-likeness (QED) is 0.795. The van der Waals surface area contributed by atoms with Crippen LogP contribution < -0.4 is 10.6 Å². The average molecular weight is 346 g/mol. The number of aryl methyl sites for hydroxylation is 1. The number of aliphatic hydroxyl groups is 1. The summed E-state index contributed by atoms with van der Waals surface area (Å²) in [6.07, 6.45) is 2.57. The van der Waals surface area contributed by atoms with Crippen LogP contribution in [0, 0.1) is 11.6 Å². The number of hydrogen-bond donors (Lipinski definition) is 3. The molecule has 0 heterocycles. The van der Waals surface area contributed by atoms with Gasteiger partial charge in [0.15, 0.2) is 0 Å². The Balaban J connectivity index is 1.61. The number of urea groups is 1. The first kappa shape index (κ1) is 17.4. The highest BCUT2D eigenvalue weighted by atomic mass is 19.1. The largest absolute Gasteiger partial charge is 0.392 e. The molecule has 25 heavy (non-hydrogen) atoms. The number of carbonyl (C=O) groups is 1. The number of rotatable bonds is 4. The van der Waals surface area contributed by atoms with Gasteiger partial charge in [0.2, 0.25) is 0 Å². The van der Waals surface area contributed by atoms with Gasteiger partial charge in [0.25, 0.3) is 0 Å². The molecule has 1 unspecified atom stereocenters. The van der Waals surface area contributed by atoms with E-state index in [9.17, 15) is 13.6 Å². The van der Waals surface area contributed by atoms with Crippen LogP contribution in [0.4, 0.5) is 13.6 Å². The van der Waals surface area contributed by atoms with Gasteiger partial charge in [0.05, 0.1) is 12.6 Å². The summed E-state index contributed by atoms with van der Waals surface area (Å²) in [5.41, 5.74) is 2.77. The van der Waals surface area contributed by atoms with E-state index >= 15 is 0 Å². The van der Waals surface area contributed by atoms with E-state index in [0.29, 0.717) is 5.56 Å². The summed E-state index contributed by atoms with van der Waals surface area (Å²) in [5, 5.41) is 14.7. The molecule has 3 rings (SSSR count). The van der Waals surface area contributed by atoms with E-state index in [1.54, 1.807) is 12.1 Å². The molecule has 0 aromatic heterocycles. The summed E-state index contributed by atoms with van der Waals surface area (Å²) in [6, 6.07) is 8.44. The van der Waals surface area contributed by atoms with Crippen LogP contribution in [0.15, 0.2) is 36.4 Å². The number of fused-ring (bicyclic) bond motifs is 1. The SMILES string of the molecule is O=C(NCc1ccc(F)c(CO)c1)NC1CCCc2ccc(F)cc21. The Bertz CT molecular complexity index is 780. The summed E-state index contributed by atoms with van der Waals surface area (Å²) < 4.78 is 26.9. The molecule has 1 atom stereocenters. The average Bonchev–Trinajstić information content (AvgIpc) is 2.61. The third-order valence-corrected chi connectivity index (χ3v) is 4.46. The van der Waals surface area contributed by atoms with Gasteiger partial charge >= 0.3 is 6.03 Å². The van der Waals surface area contributed by atoms with Gasteiger partial charge in [-0.3, -0.25) is 0 Å². The van der Waals surface area contributed by atoms with Gasteiger partial charge in [-0.25, -0.2) is 13.6 Å². The molecule has 0 radical (unpaired) electrons. The molecular weight excluding hydrogens is 326 g/mol. The van der Waals surface area contributed by atoms with Crippen molar-refractivity contribution >= 4 is 6.03 Å². The van der Waals surface area contributed by atoms with Crippen molar-refractivity contribution in [2.45, 2.75) is 38.5 Å². The van der Waals surface area contributed by atoms with E-state index in [0.717, 1.165) is 30.4 Å². The Labute approximate surface area is 144 Å². The monoisotopic (exact) mass is 346 g/mol. The highest BCUT2D eigenvalue weighted by Gasteiger charge is 2.22. The van der Waals surface area contributed by atoms with Crippen molar-refractivity contribution < 1.29 is 18.7 Å². The highest BCUT2D eigenvalue weighted by Crippen LogP contribution is 2.30. The van der Waals surface area contributed by atoms with Gasteiger partial charge in [0.1, 0.15) is 11.6 Å². The third-order valence-electron chi connectivity index (χ3n) is 4.46. The smallest absolute Gasteiger partial charge is 0.315 e. The van der Waals surface area contributed by atoms with Crippen LogP contribution in [0.3, 0.4) is 0 Å². The lowest BCUT2D eigenvalue weighted by Gasteiger charge is -2.26. The van der Waals surface area contributed by atoms with Gasteiger partial charge in [-0.2, -0.15) is 0 Å². The fourth-order valence-electron chi connectivity index (χ4n) is 3.17. The molecule has 4 nitrogen and oxygen atoms in total. The second-order valence-electron chi connectivity index (χ2n) is 6.20. The maximum absolute atomic E-state index is 13.5. The summed E-state index contributed by atoms with van der Waals surface area (Å²) in [7, 11) is 0. The van der Waals surface area contributed by atoms with Crippen molar-refractivity contribution in [3.63, 3.8) is 0 Å². The molecule has 0 saturated heterocycles. The Morgan fingerprint density at radius 1 is 1.20 bits per heavy atom.